The Labute approximate surface area is 121 Å². The molecule has 0 heterocycles. The van der Waals surface area contributed by atoms with Gasteiger partial charge in [0.15, 0.2) is 0 Å². The van der Waals surface area contributed by atoms with Crippen molar-refractivity contribution in [2.24, 2.45) is 0 Å². The van der Waals surface area contributed by atoms with E-state index in [0.29, 0.717) is 0 Å². The van der Waals surface area contributed by atoms with Crippen molar-refractivity contribution in [3.05, 3.63) is 60.6 Å². The molecule has 0 atom stereocenters. The maximum absolute atomic E-state index is 9.33. The topological polar surface area (TPSA) is 46.1 Å². The smallest absolute Gasteiger partial charge is 0.876 e. The van der Waals surface area contributed by atoms with E-state index in [1.165, 1.54) is 19.4 Å². The third-order valence-corrected chi connectivity index (χ3v) is 1.23. The fourth-order valence-corrected chi connectivity index (χ4v) is 0.754. The number of rotatable bonds is 2. The van der Waals surface area contributed by atoms with Crippen molar-refractivity contribution < 1.29 is 27.3 Å². The van der Waals surface area contributed by atoms with Crippen LogP contribution in [0.2, 0.25) is 0 Å². The van der Waals surface area contributed by atoms with Crippen LogP contribution in [0.3, 0.4) is 0 Å². The van der Waals surface area contributed by atoms with E-state index in [9.17, 15) is 10.2 Å². The third-order valence-electron chi connectivity index (χ3n) is 1.23. The van der Waals surface area contributed by atoms with E-state index < -0.39 is 0 Å². The van der Waals surface area contributed by atoms with Crippen LogP contribution >= 0.6 is 0 Å². The summed E-state index contributed by atoms with van der Waals surface area (Å²) in [4.78, 5) is 0. The van der Waals surface area contributed by atoms with E-state index in [0.717, 1.165) is 6.42 Å². The second-order valence-electron chi connectivity index (χ2n) is 3.43. The summed E-state index contributed by atoms with van der Waals surface area (Å²) in [6.07, 6.45) is 5.42. The molecule has 0 unspecified atom stereocenters. The van der Waals surface area contributed by atoms with Gasteiger partial charge >= 0.3 is 17.1 Å². The van der Waals surface area contributed by atoms with Gasteiger partial charge < -0.3 is 10.2 Å². The summed E-state index contributed by atoms with van der Waals surface area (Å²) in [5.74, 6) is -0.167. The molecule has 1 aromatic carbocycles. The van der Waals surface area contributed by atoms with E-state index >= 15 is 0 Å². The number of hydrogen-bond donors (Lipinski definition) is 0. The van der Waals surface area contributed by atoms with Crippen LogP contribution in [-0.2, 0) is 17.1 Å². The molecule has 0 fully saturated rings. The fraction of sp³-hybridized carbons (Fsp3) is 0.267. The quantitative estimate of drug-likeness (QED) is 0.477. The van der Waals surface area contributed by atoms with Crippen molar-refractivity contribution in [3.63, 3.8) is 0 Å². The van der Waals surface area contributed by atoms with Crippen molar-refractivity contribution in [1.29, 1.82) is 0 Å². The molecule has 18 heavy (non-hydrogen) atoms. The minimum Gasteiger partial charge on any atom is -0.876 e. The Morgan fingerprint density at radius 2 is 1.72 bits per heavy atom. The van der Waals surface area contributed by atoms with Crippen LogP contribution in [0.5, 0.6) is 0 Å². The Bertz CT molecular complexity index is 304. The first-order chi connectivity index (χ1) is 7.90. The van der Waals surface area contributed by atoms with E-state index in [-0.39, 0.29) is 28.6 Å². The van der Waals surface area contributed by atoms with Crippen LogP contribution < -0.4 is 10.2 Å². The molecule has 0 aromatic heterocycles. The van der Waals surface area contributed by atoms with Crippen LogP contribution in [0.1, 0.15) is 32.8 Å². The first kappa shape index (κ1) is 21.9. The first-order valence-electron chi connectivity index (χ1n) is 5.43. The van der Waals surface area contributed by atoms with Crippen molar-refractivity contribution in [2.75, 3.05) is 0 Å². The number of hydrogen-bond acceptors (Lipinski definition) is 2. The molecule has 2 nitrogen and oxygen atoms in total. The third kappa shape index (κ3) is 29.3. The fourth-order valence-electron chi connectivity index (χ4n) is 0.754. The summed E-state index contributed by atoms with van der Waals surface area (Å²) in [7, 11) is 0. The van der Waals surface area contributed by atoms with Crippen LogP contribution in [0.4, 0.5) is 0 Å². The summed E-state index contributed by atoms with van der Waals surface area (Å²) in [6.45, 7) is 11.0. The van der Waals surface area contributed by atoms with E-state index in [4.69, 9.17) is 0 Å². The molecule has 0 bridgehead atoms. The van der Waals surface area contributed by atoms with Crippen LogP contribution in [0, 0.1) is 0 Å². The Balaban J connectivity index is -0.000000214. The van der Waals surface area contributed by atoms with Gasteiger partial charge in [-0.1, -0.05) is 26.8 Å². The van der Waals surface area contributed by atoms with E-state index in [1.807, 2.05) is 0 Å². The van der Waals surface area contributed by atoms with Gasteiger partial charge in [0.2, 0.25) is 0 Å². The predicted molar refractivity (Wildman–Crippen MR) is 71.0 cm³/mol. The Morgan fingerprint density at radius 1 is 1.28 bits per heavy atom. The van der Waals surface area contributed by atoms with Crippen molar-refractivity contribution in [1.82, 2.24) is 0 Å². The molecule has 0 aliphatic rings. The van der Waals surface area contributed by atoms with Crippen LogP contribution in [-0.4, -0.2) is 0 Å². The van der Waals surface area contributed by atoms with Gasteiger partial charge in [-0.05, 0) is 6.42 Å². The monoisotopic (exact) mass is 289 g/mol. The summed E-state index contributed by atoms with van der Waals surface area (Å²) >= 11 is 0. The molecular weight excluding hydrogens is 268 g/mol. The van der Waals surface area contributed by atoms with Gasteiger partial charge in [-0.2, -0.15) is 23.8 Å². The van der Waals surface area contributed by atoms with E-state index in [1.54, 1.807) is 0 Å². The van der Waals surface area contributed by atoms with Gasteiger partial charge in [0.1, 0.15) is 0 Å². The molecule has 0 saturated heterocycles. The summed E-state index contributed by atoms with van der Waals surface area (Å²) in [5, 5.41) is 18.7. The molecule has 0 aliphatic heterocycles. The minimum absolute atomic E-state index is 0. The maximum atomic E-state index is 9.33. The largest absolute Gasteiger partial charge is 3.00 e. The SMILES string of the molecule is C=C(C)[O-].C=C(C)[O-].CCC=Cc1cc[cH-]c1.[Fe+3]. The maximum Gasteiger partial charge on any atom is 3.00 e. The molecule has 0 aliphatic carbocycles. The molecule has 0 N–H and O–H groups in total. The first-order valence-corrected chi connectivity index (χ1v) is 5.43. The Hall–Kier alpha value is -1.31. The zero-order valence-corrected chi connectivity index (χ0v) is 12.4. The normalized spacial score (nSPS) is 8.17. The van der Waals surface area contributed by atoms with Crippen molar-refractivity contribution in [2.45, 2.75) is 27.2 Å². The summed E-state index contributed by atoms with van der Waals surface area (Å²) in [6, 6.07) is 8.31. The van der Waals surface area contributed by atoms with Gasteiger partial charge in [0, 0.05) is 0 Å². The molecule has 0 amide bonds. The van der Waals surface area contributed by atoms with Crippen molar-refractivity contribution >= 4 is 6.08 Å². The predicted octanol–water partition coefficient (Wildman–Crippen LogP) is 2.59. The van der Waals surface area contributed by atoms with Crippen LogP contribution in [0.15, 0.2) is 55.0 Å². The van der Waals surface area contributed by atoms with Gasteiger partial charge in [-0.25, -0.2) is 6.07 Å². The molecule has 1 aromatic rings. The molecule has 1 rings (SSSR count). The standard InChI is InChI=1S/C9H11.2C3H6O.Fe/c1-2-3-6-9-7-4-5-8-9;2*1-3(2)4;/h3-8H,2H2,1H3;2*4H,1H2,2H3;/q-1;;;+3/p-2. The average Bonchev–Trinajstić information content (AvgIpc) is 2.65. The van der Waals surface area contributed by atoms with Gasteiger partial charge in [-0.3, -0.25) is 0 Å². The molecule has 3 heteroatoms. The van der Waals surface area contributed by atoms with Gasteiger partial charge in [0.25, 0.3) is 0 Å². The minimum atomic E-state index is -0.0833. The second-order valence-corrected chi connectivity index (χ2v) is 3.43. The zero-order chi connectivity index (χ0) is 13.7. The van der Waals surface area contributed by atoms with E-state index in [2.05, 4.69) is 56.5 Å². The molecular formula is C15H21FeO2. The molecule has 0 saturated carbocycles. The summed E-state index contributed by atoms with van der Waals surface area (Å²) < 4.78 is 0. The van der Waals surface area contributed by atoms with Crippen LogP contribution in [0.25, 0.3) is 6.08 Å². The van der Waals surface area contributed by atoms with Gasteiger partial charge in [0.05, 0.1) is 0 Å². The van der Waals surface area contributed by atoms with Crippen molar-refractivity contribution in [3.8, 4) is 0 Å². The molecule has 0 spiro atoms. The molecule has 101 valence electrons. The molecule has 1 radical (unpaired) electrons. The Morgan fingerprint density at radius 3 is 2.00 bits per heavy atom. The average molecular weight is 289 g/mol. The van der Waals surface area contributed by atoms with Gasteiger partial charge in [-0.15, -0.1) is 30.8 Å². The summed E-state index contributed by atoms with van der Waals surface area (Å²) in [5.41, 5.74) is 1.30. The second kappa shape index (κ2) is 15.7. The number of allylic oxidation sites excluding steroid dienone is 3. The zero-order valence-electron chi connectivity index (χ0n) is 11.3. The Kier molecular flexibility index (Phi) is 19.1.